The lowest BCUT2D eigenvalue weighted by Crippen LogP contribution is -2.31. The van der Waals surface area contributed by atoms with Crippen LogP contribution in [0, 0.1) is 0 Å². The van der Waals surface area contributed by atoms with E-state index in [9.17, 15) is 14.4 Å². The van der Waals surface area contributed by atoms with Crippen molar-refractivity contribution in [2.24, 2.45) is 0 Å². The van der Waals surface area contributed by atoms with Crippen molar-refractivity contribution in [3.05, 3.63) is 35.4 Å². The molecule has 0 aliphatic carbocycles. The van der Waals surface area contributed by atoms with Gasteiger partial charge in [-0.2, -0.15) is 0 Å². The van der Waals surface area contributed by atoms with Gasteiger partial charge in [-0.3, -0.25) is 19.3 Å². The van der Waals surface area contributed by atoms with Gasteiger partial charge in [0.2, 0.25) is 11.8 Å². The molecule has 1 aromatic carbocycles. The van der Waals surface area contributed by atoms with Crippen LogP contribution in [0.2, 0.25) is 0 Å². The minimum atomic E-state index is -0.119. The number of benzene rings is 1. The Morgan fingerprint density at radius 3 is 2.22 bits per heavy atom. The van der Waals surface area contributed by atoms with Crippen LogP contribution in [0.4, 0.5) is 0 Å². The summed E-state index contributed by atoms with van der Waals surface area (Å²) in [5.41, 5.74) is 1.51. The molecular formula is C18H24N2O3. The van der Waals surface area contributed by atoms with Gasteiger partial charge in [0, 0.05) is 31.5 Å². The normalized spacial score (nSPS) is 14.4. The molecule has 0 atom stereocenters. The number of carbonyl (C=O) groups is 3. The van der Waals surface area contributed by atoms with Crippen molar-refractivity contribution in [1.29, 1.82) is 0 Å². The monoisotopic (exact) mass is 316 g/mol. The predicted molar refractivity (Wildman–Crippen MR) is 87.7 cm³/mol. The molecule has 124 valence electrons. The summed E-state index contributed by atoms with van der Waals surface area (Å²) in [5.74, 6) is -0.209. The van der Waals surface area contributed by atoms with Crippen LogP contribution in [-0.2, 0) is 16.1 Å². The van der Waals surface area contributed by atoms with Crippen LogP contribution >= 0.6 is 0 Å². The van der Waals surface area contributed by atoms with E-state index < -0.39 is 0 Å². The Hall–Kier alpha value is -2.17. The average molecular weight is 316 g/mol. The van der Waals surface area contributed by atoms with Gasteiger partial charge < -0.3 is 4.90 Å². The van der Waals surface area contributed by atoms with Crippen molar-refractivity contribution >= 4 is 17.7 Å². The maximum Gasteiger partial charge on any atom is 0.253 e. The van der Waals surface area contributed by atoms with Crippen molar-refractivity contribution in [2.75, 3.05) is 13.1 Å². The second-order valence-electron chi connectivity index (χ2n) is 5.81. The molecule has 1 aromatic rings. The molecule has 1 fully saturated rings. The summed E-state index contributed by atoms with van der Waals surface area (Å²) < 4.78 is 0. The summed E-state index contributed by atoms with van der Waals surface area (Å²) in [6.45, 7) is 5.84. The highest BCUT2D eigenvalue weighted by Crippen LogP contribution is 2.16. The lowest BCUT2D eigenvalue weighted by atomic mass is 10.1. The zero-order chi connectivity index (χ0) is 16.8. The van der Waals surface area contributed by atoms with Crippen molar-refractivity contribution in [2.45, 2.75) is 46.1 Å². The molecule has 5 nitrogen and oxygen atoms in total. The molecule has 1 aliphatic rings. The van der Waals surface area contributed by atoms with Gasteiger partial charge in [0.1, 0.15) is 0 Å². The van der Waals surface area contributed by atoms with E-state index in [0.29, 0.717) is 31.5 Å². The summed E-state index contributed by atoms with van der Waals surface area (Å²) in [6.07, 6.45) is 2.66. The van der Waals surface area contributed by atoms with Crippen molar-refractivity contribution < 1.29 is 14.4 Å². The fraction of sp³-hybridized carbons (Fsp3) is 0.500. The van der Waals surface area contributed by atoms with Gasteiger partial charge in [0.25, 0.3) is 5.91 Å². The van der Waals surface area contributed by atoms with Crippen LogP contribution in [0.25, 0.3) is 0 Å². The van der Waals surface area contributed by atoms with Crippen molar-refractivity contribution in [3.8, 4) is 0 Å². The molecule has 0 saturated carbocycles. The van der Waals surface area contributed by atoms with E-state index in [-0.39, 0.29) is 17.7 Å². The molecule has 0 aromatic heterocycles. The van der Waals surface area contributed by atoms with E-state index >= 15 is 0 Å². The number of hydrogen-bond acceptors (Lipinski definition) is 3. The van der Waals surface area contributed by atoms with Crippen LogP contribution < -0.4 is 0 Å². The average Bonchev–Trinajstić information content (AvgIpc) is 2.88. The van der Waals surface area contributed by atoms with Gasteiger partial charge in [0.15, 0.2) is 0 Å². The Labute approximate surface area is 137 Å². The van der Waals surface area contributed by atoms with E-state index in [1.165, 1.54) is 4.90 Å². The van der Waals surface area contributed by atoms with Crippen LogP contribution in [0.1, 0.15) is 55.5 Å². The minimum absolute atomic E-state index is 0.0285. The van der Waals surface area contributed by atoms with Crippen molar-refractivity contribution in [1.82, 2.24) is 9.80 Å². The Kier molecular flexibility index (Phi) is 5.90. The number of carbonyl (C=O) groups excluding carboxylic acids is 3. The summed E-state index contributed by atoms with van der Waals surface area (Å²) in [5, 5.41) is 0. The van der Waals surface area contributed by atoms with Crippen LogP contribution in [0.15, 0.2) is 24.3 Å². The number of likely N-dealkylation sites (tertiary alicyclic amines) is 1. The van der Waals surface area contributed by atoms with Gasteiger partial charge in [-0.15, -0.1) is 0 Å². The maximum absolute atomic E-state index is 12.4. The summed E-state index contributed by atoms with van der Waals surface area (Å²) in [4.78, 5) is 38.9. The van der Waals surface area contributed by atoms with E-state index in [1.807, 2.05) is 24.0 Å². The molecule has 2 rings (SSSR count). The second kappa shape index (κ2) is 7.90. The quantitative estimate of drug-likeness (QED) is 0.727. The number of imide groups is 1. The molecule has 0 N–H and O–H groups in total. The maximum atomic E-state index is 12.4. The first kappa shape index (κ1) is 17.2. The van der Waals surface area contributed by atoms with Crippen molar-refractivity contribution in [3.63, 3.8) is 0 Å². The van der Waals surface area contributed by atoms with Crippen LogP contribution in [-0.4, -0.2) is 40.6 Å². The minimum Gasteiger partial charge on any atom is -0.339 e. The first-order chi connectivity index (χ1) is 11.1. The predicted octanol–water partition coefficient (Wildman–Crippen LogP) is 2.60. The molecule has 1 aliphatic heterocycles. The second-order valence-corrected chi connectivity index (χ2v) is 5.81. The molecule has 0 radical (unpaired) electrons. The Bertz CT molecular complexity index is 564. The largest absolute Gasteiger partial charge is 0.339 e. The third kappa shape index (κ3) is 4.18. The molecule has 1 saturated heterocycles. The third-order valence-electron chi connectivity index (χ3n) is 4.15. The van der Waals surface area contributed by atoms with Gasteiger partial charge in [-0.1, -0.05) is 25.5 Å². The number of nitrogens with zero attached hydrogens (tertiary/aromatic N) is 2. The van der Waals surface area contributed by atoms with E-state index in [4.69, 9.17) is 0 Å². The number of amides is 3. The number of rotatable bonds is 7. The highest BCUT2D eigenvalue weighted by Gasteiger charge is 2.28. The fourth-order valence-electron chi connectivity index (χ4n) is 2.67. The van der Waals surface area contributed by atoms with Gasteiger partial charge in [-0.25, -0.2) is 0 Å². The first-order valence-corrected chi connectivity index (χ1v) is 8.28. The zero-order valence-electron chi connectivity index (χ0n) is 13.9. The SMILES string of the molecule is CCCCN(CC)C(=O)c1ccc(CN2C(=O)CCC2=O)cc1. The molecule has 3 amide bonds. The Morgan fingerprint density at radius 1 is 1.09 bits per heavy atom. The third-order valence-corrected chi connectivity index (χ3v) is 4.15. The molecular weight excluding hydrogens is 292 g/mol. The number of hydrogen-bond donors (Lipinski definition) is 0. The summed E-state index contributed by atoms with van der Waals surface area (Å²) >= 11 is 0. The van der Waals surface area contributed by atoms with Gasteiger partial charge >= 0.3 is 0 Å². The Morgan fingerprint density at radius 2 is 1.70 bits per heavy atom. The Balaban J connectivity index is 2.02. The van der Waals surface area contributed by atoms with E-state index in [1.54, 1.807) is 12.1 Å². The van der Waals surface area contributed by atoms with E-state index in [2.05, 4.69) is 6.92 Å². The number of unbranched alkanes of at least 4 members (excludes halogenated alkanes) is 1. The van der Waals surface area contributed by atoms with Gasteiger partial charge in [-0.05, 0) is 31.0 Å². The lowest BCUT2D eigenvalue weighted by molar-refractivity contribution is -0.139. The van der Waals surface area contributed by atoms with E-state index in [0.717, 1.165) is 24.9 Å². The highest BCUT2D eigenvalue weighted by molar-refractivity contribution is 6.01. The van der Waals surface area contributed by atoms with Crippen LogP contribution in [0.5, 0.6) is 0 Å². The summed E-state index contributed by atoms with van der Waals surface area (Å²) in [6, 6.07) is 7.19. The summed E-state index contributed by atoms with van der Waals surface area (Å²) in [7, 11) is 0. The first-order valence-electron chi connectivity index (χ1n) is 8.28. The molecule has 23 heavy (non-hydrogen) atoms. The van der Waals surface area contributed by atoms with Gasteiger partial charge in [0.05, 0.1) is 6.54 Å². The molecule has 0 bridgehead atoms. The standard InChI is InChI=1S/C18H24N2O3/c1-3-5-12-19(4-2)18(23)15-8-6-14(7-9-15)13-20-16(21)10-11-17(20)22/h6-9H,3-5,10-13H2,1-2H3. The lowest BCUT2D eigenvalue weighted by Gasteiger charge is -2.21. The topological polar surface area (TPSA) is 57.7 Å². The molecule has 0 spiro atoms. The molecule has 1 heterocycles. The fourth-order valence-corrected chi connectivity index (χ4v) is 2.67. The van der Waals surface area contributed by atoms with Crippen LogP contribution in [0.3, 0.4) is 0 Å². The zero-order valence-corrected chi connectivity index (χ0v) is 13.9. The highest BCUT2D eigenvalue weighted by atomic mass is 16.2. The molecule has 0 unspecified atom stereocenters. The molecule has 5 heteroatoms. The smallest absolute Gasteiger partial charge is 0.253 e.